The van der Waals surface area contributed by atoms with Crippen molar-refractivity contribution in [3.63, 3.8) is 0 Å². The smallest absolute Gasteiger partial charge is 0.179 e. The van der Waals surface area contributed by atoms with Crippen molar-refractivity contribution in [1.82, 2.24) is 0 Å². The van der Waals surface area contributed by atoms with Gasteiger partial charge in [0.15, 0.2) is 9.84 Å². The molecule has 14 heavy (non-hydrogen) atoms. The molecule has 0 unspecified atom stereocenters. The summed E-state index contributed by atoms with van der Waals surface area (Å²) in [5.41, 5.74) is 0.873. The first-order chi connectivity index (χ1) is 6.54. The lowest BCUT2D eigenvalue weighted by Gasteiger charge is -2.05. The molecule has 1 aromatic rings. The molecule has 0 fully saturated rings. The van der Waals surface area contributed by atoms with Crippen molar-refractivity contribution < 1.29 is 13.2 Å². The summed E-state index contributed by atoms with van der Waals surface area (Å²) >= 11 is 3.33. The molecule has 0 saturated heterocycles. The average Bonchev–Trinajstić information content (AvgIpc) is 2.41. The number of hydrogen-bond donors (Lipinski definition) is 0. The van der Waals surface area contributed by atoms with Gasteiger partial charge in [-0.25, -0.2) is 8.42 Å². The highest BCUT2D eigenvalue weighted by Gasteiger charge is 2.27. The van der Waals surface area contributed by atoms with Crippen molar-refractivity contribution in [2.45, 2.75) is 11.3 Å². The molecule has 0 spiro atoms. The minimum absolute atomic E-state index is 0.210. The molecule has 0 saturated carbocycles. The van der Waals surface area contributed by atoms with Crippen LogP contribution >= 0.6 is 15.9 Å². The lowest BCUT2D eigenvalue weighted by Crippen LogP contribution is -1.99. The van der Waals surface area contributed by atoms with E-state index in [2.05, 4.69) is 15.9 Å². The minimum Gasteiger partial charge on any atom is -0.496 e. The van der Waals surface area contributed by atoms with E-state index in [1.807, 2.05) is 6.07 Å². The molecule has 0 bridgehead atoms. The van der Waals surface area contributed by atoms with Gasteiger partial charge in [-0.1, -0.05) is 0 Å². The van der Waals surface area contributed by atoms with Crippen LogP contribution in [-0.4, -0.2) is 21.3 Å². The number of aryl methyl sites for hydroxylation is 1. The zero-order valence-electron chi connectivity index (χ0n) is 7.58. The largest absolute Gasteiger partial charge is 0.496 e. The van der Waals surface area contributed by atoms with Crippen LogP contribution in [0.25, 0.3) is 0 Å². The fraction of sp³-hybridized carbons (Fsp3) is 0.333. The second kappa shape index (κ2) is 3.24. The van der Waals surface area contributed by atoms with Gasteiger partial charge in [-0.2, -0.15) is 0 Å². The molecule has 2 rings (SSSR count). The standard InChI is InChI=1S/C9H9BrO3S/c1-13-8-5-9-6(4-7(8)10)2-3-14(9,11)12/h4-5H,2-3H2,1H3. The highest BCUT2D eigenvalue weighted by Crippen LogP contribution is 2.35. The monoisotopic (exact) mass is 276 g/mol. The number of benzene rings is 1. The highest BCUT2D eigenvalue weighted by atomic mass is 79.9. The first kappa shape index (κ1) is 9.98. The van der Waals surface area contributed by atoms with Crippen LogP contribution in [-0.2, 0) is 16.3 Å². The van der Waals surface area contributed by atoms with Gasteiger partial charge in [0.05, 0.1) is 22.2 Å². The van der Waals surface area contributed by atoms with E-state index in [0.29, 0.717) is 17.1 Å². The molecule has 0 aliphatic carbocycles. The summed E-state index contributed by atoms with van der Waals surface area (Å²) < 4.78 is 29.0. The van der Waals surface area contributed by atoms with Crippen molar-refractivity contribution in [3.8, 4) is 5.75 Å². The Hall–Kier alpha value is -0.550. The summed E-state index contributed by atoms with van der Waals surface area (Å²) in [7, 11) is -1.53. The van der Waals surface area contributed by atoms with Gasteiger partial charge >= 0.3 is 0 Å². The third kappa shape index (κ3) is 1.44. The Labute approximate surface area is 91.1 Å². The second-order valence-electron chi connectivity index (χ2n) is 3.16. The second-order valence-corrected chi connectivity index (χ2v) is 6.10. The summed E-state index contributed by atoms with van der Waals surface area (Å²) in [4.78, 5) is 0.414. The van der Waals surface area contributed by atoms with Crippen LogP contribution in [0.3, 0.4) is 0 Å². The summed E-state index contributed by atoms with van der Waals surface area (Å²) in [6.45, 7) is 0. The van der Waals surface area contributed by atoms with Crippen LogP contribution in [0, 0.1) is 0 Å². The van der Waals surface area contributed by atoms with Crippen LogP contribution in [0.2, 0.25) is 0 Å². The van der Waals surface area contributed by atoms with E-state index in [-0.39, 0.29) is 5.75 Å². The fourth-order valence-electron chi connectivity index (χ4n) is 1.57. The zero-order valence-corrected chi connectivity index (χ0v) is 9.98. The van der Waals surface area contributed by atoms with E-state index in [9.17, 15) is 8.42 Å². The molecular weight excluding hydrogens is 268 g/mol. The third-order valence-corrected chi connectivity index (χ3v) is 4.72. The quantitative estimate of drug-likeness (QED) is 0.786. The van der Waals surface area contributed by atoms with Crippen molar-refractivity contribution >= 4 is 25.8 Å². The Morgan fingerprint density at radius 3 is 2.79 bits per heavy atom. The van der Waals surface area contributed by atoms with Gasteiger partial charge in [-0.05, 0) is 34.0 Å². The van der Waals surface area contributed by atoms with Crippen LogP contribution in [0.1, 0.15) is 5.56 Å². The predicted octanol–water partition coefficient (Wildman–Crippen LogP) is 1.79. The van der Waals surface area contributed by atoms with Crippen LogP contribution in [0.5, 0.6) is 5.75 Å². The summed E-state index contributed by atoms with van der Waals surface area (Å²) in [5, 5.41) is 0. The molecule has 1 aliphatic heterocycles. The molecular formula is C9H9BrO3S. The Morgan fingerprint density at radius 2 is 2.14 bits per heavy atom. The maximum Gasteiger partial charge on any atom is 0.179 e. The van der Waals surface area contributed by atoms with Crippen LogP contribution in [0.15, 0.2) is 21.5 Å². The molecule has 1 heterocycles. The normalized spacial score (nSPS) is 17.9. The Bertz CT molecular complexity index is 479. The first-order valence-electron chi connectivity index (χ1n) is 4.14. The van der Waals surface area contributed by atoms with E-state index >= 15 is 0 Å². The highest BCUT2D eigenvalue weighted by molar-refractivity contribution is 9.10. The van der Waals surface area contributed by atoms with Crippen LogP contribution in [0.4, 0.5) is 0 Å². The number of halogens is 1. The summed E-state index contributed by atoms with van der Waals surface area (Å²) in [5.74, 6) is 0.774. The molecule has 0 atom stereocenters. The van der Waals surface area contributed by atoms with Gasteiger partial charge in [-0.15, -0.1) is 0 Å². The molecule has 0 N–H and O–H groups in total. The van der Waals surface area contributed by atoms with Gasteiger partial charge in [0, 0.05) is 6.07 Å². The Kier molecular flexibility index (Phi) is 2.31. The number of ether oxygens (including phenoxy) is 1. The average molecular weight is 277 g/mol. The molecule has 1 aromatic carbocycles. The van der Waals surface area contributed by atoms with E-state index in [0.717, 1.165) is 10.0 Å². The van der Waals surface area contributed by atoms with Gasteiger partial charge in [0.2, 0.25) is 0 Å². The molecule has 5 heteroatoms. The van der Waals surface area contributed by atoms with Crippen molar-refractivity contribution in [1.29, 1.82) is 0 Å². The fourth-order valence-corrected chi connectivity index (χ4v) is 3.68. The maximum atomic E-state index is 11.6. The SMILES string of the molecule is COc1cc2c(cc1Br)CCS2(=O)=O. The third-order valence-electron chi connectivity index (χ3n) is 2.31. The van der Waals surface area contributed by atoms with Gasteiger partial charge < -0.3 is 4.74 Å². The lowest BCUT2D eigenvalue weighted by atomic mass is 10.2. The maximum absolute atomic E-state index is 11.6. The molecule has 0 radical (unpaired) electrons. The number of fused-ring (bicyclic) bond motifs is 1. The molecule has 76 valence electrons. The van der Waals surface area contributed by atoms with Gasteiger partial charge in [0.25, 0.3) is 0 Å². The first-order valence-corrected chi connectivity index (χ1v) is 6.58. The number of sulfone groups is 1. The van der Waals surface area contributed by atoms with E-state index in [1.165, 1.54) is 7.11 Å². The molecule has 0 aromatic heterocycles. The van der Waals surface area contributed by atoms with E-state index in [4.69, 9.17) is 4.74 Å². The van der Waals surface area contributed by atoms with Crippen molar-refractivity contribution in [2.75, 3.05) is 12.9 Å². The van der Waals surface area contributed by atoms with E-state index < -0.39 is 9.84 Å². The van der Waals surface area contributed by atoms with Gasteiger partial charge in [0.1, 0.15) is 5.75 Å². The lowest BCUT2D eigenvalue weighted by molar-refractivity contribution is 0.410. The number of hydrogen-bond acceptors (Lipinski definition) is 3. The van der Waals surface area contributed by atoms with Crippen molar-refractivity contribution in [3.05, 3.63) is 22.2 Å². The zero-order chi connectivity index (χ0) is 10.3. The van der Waals surface area contributed by atoms with Crippen molar-refractivity contribution in [2.24, 2.45) is 0 Å². The van der Waals surface area contributed by atoms with E-state index in [1.54, 1.807) is 6.07 Å². The number of methoxy groups -OCH3 is 1. The number of rotatable bonds is 1. The van der Waals surface area contributed by atoms with Gasteiger partial charge in [-0.3, -0.25) is 0 Å². The van der Waals surface area contributed by atoms with Crippen LogP contribution < -0.4 is 4.74 Å². The molecule has 0 amide bonds. The minimum atomic E-state index is -3.06. The topological polar surface area (TPSA) is 43.4 Å². The predicted molar refractivity (Wildman–Crippen MR) is 56.5 cm³/mol. The molecule has 3 nitrogen and oxygen atoms in total. The summed E-state index contributed by atoms with van der Waals surface area (Å²) in [6, 6.07) is 3.40. The Balaban J connectivity index is 2.68. The molecule has 1 aliphatic rings. The summed E-state index contributed by atoms with van der Waals surface area (Å²) in [6.07, 6.45) is 0.597. The Morgan fingerprint density at radius 1 is 1.43 bits per heavy atom.